The van der Waals surface area contributed by atoms with Crippen LogP contribution in [0.25, 0.3) is 0 Å². The van der Waals surface area contributed by atoms with Crippen LogP contribution >= 0.6 is 11.6 Å². The van der Waals surface area contributed by atoms with Crippen LogP contribution in [0.15, 0.2) is 22.0 Å². The monoisotopic (exact) mass is 320 g/mol. The van der Waals surface area contributed by atoms with Crippen molar-refractivity contribution in [3.8, 4) is 0 Å². The largest absolute Gasteiger partial charge is 0.393 e. The number of aromatic amines is 1. The molecule has 0 aromatic carbocycles. The first kappa shape index (κ1) is 15.5. The van der Waals surface area contributed by atoms with Gasteiger partial charge in [-0.3, -0.25) is 4.79 Å². The first-order chi connectivity index (χ1) is 9.32. The van der Waals surface area contributed by atoms with E-state index in [1.165, 1.54) is 4.31 Å². The minimum Gasteiger partial charge on any atom is -0.393 e. The Morgan fingerprint density at radius 1 is 1.45 bits per heavy atom. The van der Waals surface area contributed by atoms with Gasteiger partial charge in [0.05, 0.1) is 11.0 Å². The standard InChI is InChI=1S/C12H17ClN2O4S/c1-8(16)9-2-4-15(5-3-9)20(18,19)10-6-11(13)12(17)14-7-10/h6-9,16H,2-5H2,1H3,(H,14,17). The second-order valence-corrected chi connectivity index (χ2v) is 7.34. The van der Waals surface area contributed by atoms with Gasteiger partial charge in [0.2, 0.25) is 10.0 Å². The maximum absolute atomic E-state index is 12.4. The van der Waals surface area contributed by atoms with Crippen molar-refractivity contribution in [2.24, 2.45) is 5.92 Å². The van der Waals surface area contributed by atoms with Crippen molar-refractivity contribution in [1.29, 1.82) is 0 Å². The van der Waals surface area contributed by atoms with Crippen molar-refractivity contribution in [3.63, 3.8) is 0 Å². The number of nitrogens with zero attached hydrogens (tertiary/aromatic N) is 1. The van der Waals surface area contributed by atoms with Crippen LogP contribution in [0.4, 0.5) is 0 Å². The van der Waals surface area contributed by atoms with Gasteiger partial charge in [0.25, 0.3) is 5.56 Å². The Kier molecular flexibility index (Phi) is 4.53. The van der Waals surface area contributed by atoms with Crippen LogP contribution in [0.1, 0.15) is 19.8 Å². The molecule has 2 rings (SSSR count). The van der Waals surface area contributed by atoms with Crippen molar-refractivity contribution < 1.29 is 13.5 Å². The molecule has 1 aromatic heterocycles. The summed E-state index contributed by atoms with van der Waals surface area (Å²) in [7, 11) is -3.65. The number of aliphatic hydroxyl groups excluding tert-OH is 1. The summed E-state index contributed by atoms with van der Waals surface area (Å²) in [5.41, 5.74) is -0.515. The zero-order valence-electron chi connectivity index (χ0n) is 11.0. The van der Waals surface area contributed by atoms with Gasteiger partial charge in [-0.25, -0.2) is 8.42 Å². The van der Waals surface area contributed by atoms with Crippen LogP contribution in [0.2, 0.25) is 5.02 Å². The Balaban J connectivity index is 2.19. The number of hydrogen-bond donors (Lipinski definition) is 2. The summed E-state index contributed by atoms with van der Waals surface area (Å²) < 4.78 is 26.2. The smallest absolute Gasteiger partial charge is 0.266 e. The molecule has 2 N–H and O–H groups in total. The highest BCUT2D eigenvalue weighted by molar-refractivity contribution is 7.89. The number of sulfonamides is 1. The number of rotatable bonds is 3. The lowest BCUT2D eigenvalue weighted by Gasteiger charge is -2.32. The van der Waals surface area contributed by atoms with Crippen molar-refractivity contribution in [2.45, 2.75) is 30.8 Å². The summed E-state index contributed by atoms with van der Waals surface area (Å²) in [6.07, 6.45) is 1.97. The van der Waals surface area contributed by atoms with E-state index in [1.54, 1.807) is 6.92 Å². The molecule has 1 saturated heterocycles. The van der Waals surface area contributed by atoms with Gasteiger partial charge >= 0.3 is 0 Å². The van der Waals surface area contributed by atoms with E-state index in [1.807, 2.05) is 0 Å². The van der Waals surface area contributed by atoms with Crippen molar-refractivity contribution in [3.05, 3.63) is 27.6 Å². The van der Waals surface area contributed by atoms with Crippen LogP contribution in [0.3, 0.4) is 0 Å². The molecule has 1 fully saturated rings. The van der Waals surface area contributed by atoms with Crippen LogP contribution in [0, 0.1) is 5.92 Å². The minimum atomic E-state index is -3.65. The van der Waals surface area contributed by atoms with E-state index >= 15 is 0 Å². The predicted octanol–water partition coefficient (Wildman–Crippen LogP) is 0.810. The summed E-state index contributed by atoms with van der Waals surface area (Å²) in [6.45, 7) is 2.43. The number of piperidine rings is 1. The van der Waals surface area contributed by atoms with E-state index in [-0.39, 0.29) is 15.8 Å². The molecule has 1 atom stereocenters. The number of nitrogens with one attached hydrogen (secondary N) is 1. The van der Waals surface area contributed by atoms with E-state index in [4.69, 9.17) is 11.6 Å². The molecule has 112 valence electrons. The molecule has 1 unspecified atom stereocenters. The van der Waals surface area contributed by atoms with Crippen molar-refractivity contribution in [2.75, 3.05) is 13.1 Å². The fraction of sp³-hybridized carbons (Fsp3) is 0.583. The van der Waals surface area contributed by atoms with E-state index < -0.39 is 21.7 Å². The van der Waals surface area contributed by atoms with Gasteiger partial charge in [-0.05, 0) is 31.7 Å². The second kappa shape index (κ2) is 5.85. The van der Waals surface area contributed by atoms with Gasteiger partial charge in [-0.2, -0.15) is 4.31 Å². The van der Waals surface area contributed by atoms with E-state index in [9.17, 15) is 18.3 Å². The van der Waals surface area contributed by atoms with Gasteiger partial charge in [0.15, 0.2) is 0 Å². The van der Waals surface area contributed by atoms with E-state index in [0.29, 0.717) is 25.9 Å². The Bertz CT molecular complexity index is 633. The zero-order chi connectivity index (χ0) is 14.9. The molecule has 20 heavy (non-hydrogen) atoms. The summed E-state index contributed by atoms with van der Waals surface area (Å²) in [6, 6.07) is 1.16. The second-order valence-electron chi connectivity index (χ2n) is 4.99. The summed E-state index contributed by atoms with van der Waals surface area (Å²) in [5.74, 6) is 0.126. The molecule has 1 aliphatic rings. The Morgan fingerprint density at radius 3 is 2.55 bits per heavy atom. The lowest BCUT2D eigenvalue weighted by atomic mass is 9.93. The van der Waals surface area contributed by atoms with Crippen LogP contribution < -0.4 is 5.56 Å². The average Bonchev–Trinajstić information content (AvgIpc) is 2.41. The van der Waals surface area contributed by atoms with Gasteiger partial charge in [0, 0.05) is 19.3 Å². The topological polar surface area (TPSA) is 90.5 Å². The minimum absolute atomic E-state index is 0.0161. The third-order valence-electron chi connectivity index (χ3n) is 3.65. The van der Waals surface area contributed by atoms with E-state index in [2.05, 4.69) is 4.98 Å². The average molecular weight is 321 g/mol. The molecule has 1 aromatic rings. The van der Waals surface area contributed by atoms with Gasteiger partial charge in [0.1, 0.15) is 5.02 Å². The predicted molar refractivity (Wildman–Crippen MR) is 75.2 cm³/mol. The molecule has 0 saturated carbocycles. The van der Waals surface area contributed by atoms with Crippen LogP contribution in [-0.2, 0) is 10.0 Å². The van der Waals surface area contributed by atoms with Gasteiger partial charge < -0.3 is 10.1 Å². The molecule has 0 radical (unpaired) electrons. The summed E-state index contributed by atoms with van der Waals surface area (Å²) in [5, 5.41) is 9.38. The highest BCUT2D eigenvalue weighted by Gasteiger charge is 2.31. The number of hydrogen-bond acceptors (Lipinski definition) is 4. The number of H-pyrrole nitrogens is 1. The highest BCUT2D eigenvalue weighted by Crippen LogP contribution is 2.25. The quantitative estimate of drug-likeness (QED) is 0.862. The van der Waals surface area contributed by atoms with Crippen LogP contribution in [-0.4, -0.2) is 42.0 Å². The molecular formula is C12H17ClN2O4S. The molecule has 0 aliphatic carbocycles. The molecule has 0 bridgehead atoms. The first-order valence-corrected chi connectivity index (χ1v) is 8.20. The van der Waals surface area contributed by atoms with E-state index in [0.717, 1.165) is 12.3 Å². The highest BCUT2D eigenvalue weighted by atomic mass is 35.5. The lowest BCUT2D eigenvalue weighted by molar-refractivity contribution is 0.0912. The third kappa shape index (κ3) is 3.06. The number of pyridine rings is 1. The molecular weight excluding hydrogens is 304 g/mol. The number of aliphatic hydroxyl groups is 1. The fourth-order valence-electron chi connectivity index (χ4n) is 2.33. The molecule has 0 amide bonds. The molecule has 8 heteroatoms. The number of halogens is 1. The Labute approximate surface area is 122 Å². The Hall–Kier alpha value is -0.890. The maximum Gasteiger partial charge on any atom is 0.266 e. The third-order valence-corrected chi connectivity index (χ3v) is 5.81. The van der Waals surface area contributed by atoms with Crippen molar-refractivity contribution in [1.82, 2.24) is 9.29 Å². The first-order valence-electron chi connectivity index (χ1n) is 6.39. The molecule has 0 spiro atoms. The molecule has 6 nitrogen and oxygen atoms in total. The molecule has 1 aliphatic heterocycles. The van der Waals surface area contributed by atoms with Crippen molar-refractivity contribution >= 4 is 21.6 Å². The fourth-order valence-corrected chi connectivity index (χ4v) is 4.04. The van der Waals surface area contributed by atoms with Gasteiger partial charge in [-0.1, -0.05) is 11.6 Å². The summed E-state index contributed by atoms with van der Waals surface area (Å²) in [4.78, 5) is 13.5. The maximum atomic E-state index is 12.4. The molecule has 2 heterocycles. The Morgan fingerprint density at radius 2 is 2.05 bits per heavy atom. The van der Waals surface area contributed by atoms with Gasteiger partial charge in [-0.15, -0.1) is 0 Å². The number of aromatic nitrogens is 1. The zero-order valence-corrected chi connectivity index (χ0v) is 12.6. The normalized spacial score (nSPS) is 19.9. The SMILES string of the molecule is CC(O)C1CCN(S(=O)(=O)c2c[nH]c(=O)c(Cl)c2)CC1. The lowest BCUT2D eigenvalue weighted by Crippen LogP contribution is -2.40. The van der Waals surface area contributed by atoms with Crippen LogP contribution in [0.5, 0.6) is 0 Å². The summed E-state index contributed by atoms with van der Waals surface area (Å²) >= 11 is 5.66.